The Labute approximate surface area is 132 Å². The Morgan fingerprint density at radius 1 is 1.52 bits per heavy atom. The number of aromatic carboxylic acids is 1. The Hall–Kier alpha value is -1.53. The number of ether oxygens (including phenoxy) is 1. The lowest BCUT2D eigenvalue weighted by Gasteiger charge is -2.07. The molecule has 114 valence electrons. The molecule has 0 saturated heterocycles. The number of aromatic nitrogens is 2. The molecule has 0 spiro atoms. The number of hydrogen-bond acceptors (Lipinski definition) is 4. The van der Waals surface area contributed by atoms with E-state index in [2.05, 4.69) is 5.10 Å². The van der Waals surface area contributed by atoms with Gasteiger partial charge in [-0.1, -0.05) is 18.5 Å². The van der Waals surface area contributed by atoms with Crippen molar-refractivity contribution in [3.8, 4) is 5.75 Å². The van der Waals surface area contributed by atoms with Gasteiger partial charge < -0.3 is 9.84 Å². The van der Waals surface area contributed by atoms with Gasteiger partial charge in [-0.2, -0.15) is 5.10 Å². The predicted molar refractivity (Wildman–Crippen MR) is 82.6 cm³/mol. The van der Waals surface area contributed by atoms with E-state index in [1.54, 1.807) is 10.7 Å². The molecule has 2 rings (SSSR count). The highest BCUT2D eigenvalue weighted by Crippen LogP contribution is 2.31. The molecule has 1 N–H and O–H groups in total. The quantitative estimate of drug-likeness (QED) is 0.876. The Bertz CT molecular complexity index is 663. The van der Waals surface area contributed by atoms with Crippen LogP contribution in [-0.4, -0.2) is 20.9 Å². The minimum absolute atomic E-state index is 0.202. The molecule has 7 heteroatoms. The second-order valence-electron chi connectivity index (χ2n) is 4.52. The van der Waals surface area contributed by atoms with Gasteiger partial charge in [0.1, 0.15) is 12.4 Å². The summed E-state index contributed by atoms with van der Waals surface area (Å²) in [5.74, 6) is -0.581. The zero-order valence-corrected chi connectivity index (χ0v) is 13.7. The van der Waals surface area contributed by atoms with Gasteiger partial charge in [0, 0.05) is 11.4 Å². The molecule has 0 aliphatic carbocycles. The zero-order valence-electron chi connectivity index (χ0n) is 12.1. The third-order valence-electron chi connectivity index (χ3n) is 3.11. The first-order chi connectivity index (χ1) is 9.97. The van der Waals surface area contributed by atoms with Crippen molar-refractivity contribution in [2.75, 3.05) is 0 Å². The topological polar surface area (TPSA) is 64.4 Å². The van der Waals surface area contributed by atoms with E-state index in [1.165, 1.54) is 11.3 Å². The van der Waals surface area contributed by atoms with Crippen LogP contribution < -0.4 is 4.74 Å². The van der Waals surface area contributed by atoms with Crippen LogP contribution in [0.4, 0.5) is 0 Å². The molecule has 0 amide bonds. The Balaban J connectivity index is 2.24. The lowest BCUT2D eigenvalue weighted by Crippen LogP contribution is -2.07. The van der Waals surface area contributed by atoms with Crippen LogP contribution in [0.3, 0.4) is 0 Å². The van der Waals surface area contributed by atoms with Crippen LogP contribution in [0.25, 0.3) is 0 Å². The van der Waals surface area contributed by atoms with Crippen molar-refractivity contribution in [3.05, 3.63) is 32.2 Å². The van der Waals surface area contributed by atoms with E-state index in [0.29, 0.717) is 17.3 Å². The molecule has 5 nitrogen and oxygen atoms in total. The fourth-order valence-electron chi connectivity index (χ4n) is 2.01. The maximum Gasteiger partial charge on any atom is 0.349 e. The van der Waals surface area contributed by atoms with Crippen molar-refractivity contribution in [3.63, 3.8) is 0 Å². The highest BCUT2D eigenvalue weighted by Gasteiger charge is 2.18. The van der Waals surface area contributed by atoms with E-state index in [9.17, 15) is 9.90 Å². The molecule has 21 heavy (non-hydrogen) atoms. The summed E-state index contributed by atoms with van der Waals surface area (Å²) in [6, 6.07) is 1.78. The van der Waals surface area contributed by atoms with Crippen LogP contribution in [0.5, 0.6) is 5.75 Å². The molecule has 0 fully saturated rings. The molecular formula is C14H17ClN2O3S. The average Bonchev–Trinajstić information content (AvgIpc) is 2.99. The van der Waals surface area contributed by atoms with E-state index >= 15 is 0 Å². The van der Waals surface area contributed by atoms with Crippen LogP contribution in [-0.2, 0) is 19.6 Å². The van der Waals surface area contributed by atoms with E-state index in [1.807, 2.05) is 20.8 Å². The SMILES string of the molecule is CCc1cc(OCc2c(Cl)c(C)nn2CC)c(C(=O)O)s1. The summed E-state index contributed by atoms with van der Waals surface area (Å²) >= 11 is 7.46. The minimum atomic E-state index is -0.971. The highest BCUT2D eigenvalue weighted by molar-refractivity contribution is 7.14. The van der Waals surface area contributed by atoms with Crippen LogP contribution >= 0.6 is 22.9 Å². The lowest BCUT2D eigenvalue weighted by atomic mass is 10.3. The number of halogens is 1. The average molecular weight is 329 g/mol. The largest absolute Gasteiger partial charge is 0.485 e. The molecule has 0 bridgehead atoms. The molecule has 2 aromatic rings. The fraction of sp³-hybridized carbons (Fsp3) is 0.429. The molecule has 0 saturated carbocycles. The number of thiophene rings is 1. The van der Waals surface area contributed by atoms with E-state index < -0.39 is 5.97 Å². The molecule has 0 unspecified atom stereocenters. The van der Waals surface area contributed by atoms with Gasteiger partial charge in [-0.15, -0.1) is 11.3 Å². The van der Waals surface area contributed by atoms with Gasteiger partial charge in [-0.3, -0.25) is 4.68 Å². The molecule has 2 heterocycles. The van der Waals surface area contributed by atoms with Crippen molar-refractivity contribution >= 4 is 28.9 Å². The Morgan fingerprint density at radius 3 is 2.81 bits per heavy atom. The van der Waals surface area contributed by atoms with Crippen molar-refractivity contribution in [1.82, 2.24) is 9.78 Å². The van der Waals surface area contributed by atoms with Crippen LogP contribution in [0.1, 0.15) is 39.8 Å². The number of hydrogen-bond donors (Lipinski definition) is 1. The third kappa shape index (κ3) is 3.22. The molecule has 0 aliphatic heterocycles. The van der Waals surface area contributed by atoms with Crippen molar-refractivity contribution in [2.45, 2.75) is 40.3 Å². The van der Waals surface area contributed by atoms with E-state index in [4.69, 9.17) is 16.3 Å². The molecule has 0 atom stereocenters. The van der Waals surface area contributed by atoms with Gasteiger partial charge in [0.15, 0.2) is 4.88 Å². The van der Waals surface area contributed by atoms with E-state index in [-0.39, 0.29) is 11.5 Å². The van der Waals surface area contributed by atoms with Gasteiger partial charge in [-0.25, -0.2) is 4.79 Å². The smallest absolute Gasteiger partial charge is 0.349 e. The second kappa shape index (κ2) is 6.49. The standard InChI is InChI=1S/C14H17ClN2O3S/c1-4-9-6-11(13(21-9)14(18)19)20-7-10-12(15)8(3)16-17(10)5-2/h6H,4-5,7H2,1-3H3,(H,18,19). The van der Waals surface area contributed by atoms with Crippen LogP contribution in [0.2, 0.25) is 5.02 Å². The van der Waals surface area contributed by atoms with Crippen molar-refractivity contribution in [1.29, 1.82) is 0 Å². The summed E-state index contributed by atoms with van der Waals surface area (Å²) in [6.45, 7) is 6.67. The highest BCUT2D eigenvalue weighted by atomic mass is 35.5. The number of carbonyl (C=O) groups is 1. The second-order valence-corrected chi connectivity index (χ2v) is 6.03. The number of carboxylic acid groups (broad SMARTS) is 1. The first-order valence-corrected chi connectivity index (χ1v) is 7.87. The van der Waals surface area contributed by atoms with Gasteiger partial charge in [0.25, 0.3) is 0 Å². The zero-order chi connectivity index (χ0) is 15.6. The van der Waals surface area contributed by atoms with Crippen molar-refractivity contribution in [2.24, 2.45) is 0 Å². The van der Waals surface area contributed by atoms with Gasteiger partial charge in [-0.05, 0) is 26.3 Å². The first kappa shape index (κ1) is 15.9. The molecule has 0 aliphatic rings. The summed E-state index contributed by atoms with van der Waals surface area (Å²) in [6.07, 6.45) is 0.779. The maximum absolute atomic E-state index is 11.2. The third-order valence-corrected chi connectivity index (χ3v) is 4.85. The van der Waals surface area contributed by atoms with Crippen LogP contribution in [0.15, 0.2) is 6.07 Å². The molecule has 0 aromatic carbocycles. The predicted octanol–water partition coefficient (Wildman–Crippen LogP) is 3.77. The summed E-state index contributed by atoms with van der Waals surface area (Å²) in [5, 5.41) is 14.1. The normalized spacial score (nSPS) is 10.9. The molecule has 0 radical (unpaired) electrons. The Kier molecular flexibility index (Phi) is 4.90. The number of rotatable bonds is 6. The number of nitrogens with zero attached hydrogens (tertiary/aromatic N) is 2. The Morgan fingerprint density at radius 2 is 2.24 bits per heavy atom. The number of carboxylic acids is 1. The summed E-state index contributed by atoms with van der Waals surface area (Å²) in [7, 11) is 0. The van der Waals surface area contributed by atoms with Crippen LogP contribution in [0, 0.1) is 6.92 Å². The summed E-state index contributed by atoms with van der Waals surface area (Å²) in [4.78, 5) is 12.4. The molecular weight excluding hydrogens is 312 g/mol. The lowest BCUT2D eigenvalue weighted by molar-refractivity contribution is 0.0697. The van der Waals surface area contributed by atoms with Gasteiger partial charge in [0.2, 0.25) is 0 Å². The summed E-state index contributed by atoms with van der Waals surface area (Å²) in [5.41, 5.74) is 1.51. The van der Waals surface area contributed by atoms with Crippen molar-refractivity contribution < 1.29 is 14.6 Å². The fourth-order valence-corrected chi connectivity index (χ4v) is 3.07. The molecule has 2 aromatic heterocycles. The minimum Gasteiger partial charge on any atom is -0.485 e. The first-order valence-electron chi connectivity index (χ1n) is 6.68. The van der Waals surface area contributed by atoms with Gasteiger partial charge in [0.05, 0.1) is 16.4 Å². The number of aryl methyl sites for hydroxylation is 3. The maximum atomic E-state index is 11.2. The summed E-state index contributed by atoms with van der Waals surface area (Å²) < 4.78 is 7.46. The van der Waals surface area contributed by atoms with Gasteiger partial charge >= 0.3 is 5.97 Å². The monoisotopic (exact) mass is 328 g/mol. The van der Waals surface area contributed by atoms with E-state index in [0.717, 1.165) is 22.7 Å².